The number of hydrogen-bond acceptors (Lipinski definition) is 4. The summed E-state index contributed by atoms with van der Waals surface area (Å²) in [6.07, 6.45) is 2.35. The van der Waals surface area contributed by atoms with Gasteiger partial charge < -0.3 is 19.3 Å². The van der Waals surface area contributed by atoms with Gasteiger partial charge in [-0.1, -0.05) is 15.9 Å². The maximum atomic E-state index is 5.88. The summed E-state index contributed by atoms with van der Waals surface area (Å²) in [5, 5.41) is 0. The highest BCUT2D eigenvalue weighted by atomic mass is 79.9. The average Bonchev–Trinajstić information content (AvgIpc) is 2.53. The second kappa shape index (κ2) is 9.64. The van der Waals surface area contributed by atoms with E-state index in [1.54, 1.807) is 0 Å². The van der Waals surface area contributed by atoms with E-state index < -0.39 is 0 Å². The Morgan fingerprint density at radius 2 is 1.83 bits per heavy atom. The molecule has 0 aliphatic carbocycles. The molecule has 1 fully saturated rings. The minimum absolute atomic E-state index is 0.138. The van der Waals surface area contributed by atoms with Crippen LogP contribution in [0.15, 0.2) is 16.6 Å². The van der Waals surface area contributed by atoms with Crippen LogP contribution in [0.25, 0.3) is 0 Å². The first-order valence-corrected chi connectivity index (χ1v) is 9.81. The number of rotatable bonds is 8. The lowest BCUT2D eigenvalue weighted by Crippen LogP contribution is -2.44. The van der Waals surface area contributed by atoms with Crippen molar-refractivity contribution < 1.29 is 9.47 Å². The summed E-state index contributed by atoms with van der Waals surface area (Å²) < 4.78 is 12.8. The van der Waals surface area contributed by atoms with Crippen molar-refractivity contribution in [2.24, 2.45) is 0 Å². The van der Waals surface area contributed by atoms with Gasteiger partial charge in [-0.3, -0.25) is 0 Å². The Bertz CT molecular complexity index is 514. The third-order valence-electron chi connectivity index (χ3n) is 4.29. The van der Waals surface area contributed by atoms with Gasteiger partial charge in [-0.25, -0.2) is 0 Å². The van der Waals surface area contributed by atoms with Crippen LogP contribution in [0.3, 0.4) is 0 Å². The van der Waals surface area contributed by atoms with Crippen molar-refractivity contribution in [1.82, 2.24) is 9.80 Å². The SMILES string of the molecule is CCOc1cc(CCCN2CCN(C)CC2)c(Br)cc1OC(C)C. The minimum Gasteiger partial charge on any atom is -0.490 e. The van der Waals surface area contributed by atoms with Gasteiger partial charge in [-0.2, -0.15) is 0 Å². The summed E-state index contributed by atoms with van der Waals surface area (Å²) in [6.45, 7) is 12.6. The average molecular weight is 399 g/mol. The Labute approximate surface area is 155 Å². The molecule has 1 aliphatic heterocycles. The number of halogens is 1. The normalized spacial score (nSPS) is 16.6. The maximum absolute atomic E-state index is 5.88. The first kappa shape index (κ1) is 19.5. The van der Waals surface area contributed by atoms with E-state index in [2.05, 4.69) is 44.9 Å². The van der Waals surface area contributed by atoms with Gasteiger partial charge in [0, 0.05) is 30.7 Å². The molecule has 5 heteroatoms. The number of likely N-dealkylation sites (N-methyl/N-ethyl adjacent to an activating group) is 1. The third kappa shape index (κ3) is 5.94. The molecule has 24 heavy (non-hydrogen) atoms. The zero-order valence-electron chi connectivity index (χ0n) is 15.5. The van der Waals surface area contributed by atoms with Crippen LogP contribution in [-0.2, 0) is 6.42 Å². The zero-order valence-corrected chi connectivity index (χ0v) is 17.1. The van der Waals surface area contributed by atoms with Gasteiger partial charge in [0.15, 0.2) is 11.5 Å². The predicted molar refractivity (Wildman–Crippen MR) is 103 cm³/mol. The Morgan fingerprint density at radius 3 is 2.46 bits per heavy atom. The Balaban J connectivity index is 1.95. The van der Waals surface area contributed by atoms with Crippen molar-refractivity contribution >= 4 is 15.9 Å². The van der Waals surface area contributed by atoms with Crippen molar-refractivity contribution in [1.29, 1.82) is 0 Å². The Hall–Kier alpha value is -0.780. The molecular weight excluding hydrogens is 368 g/mol. The molecular formula is C19H31BrN2O2. The van der Waals surface area contributed by atoms with Crippen molar-refractivity contribution in [3.8, 4) is 11.5 Å². The van der Waals surface area contributed by atoms with Crippen LogP contribution in [0.4, 0.5) is 0 Å². The highest BCUT2D eigenvalue weighted by molar-refractivity contribution is 9.10. The molecule has 0 aromatic heterocycles. The molecule has 1 aliphatic rings. The van der Waals surface area contributed by atoms with Crippen LogP contribution < -0.4 is 9.47 Å². The lowest BCUT2D eigenvalue weighted by Gasteiger charge is -2.32. The van der Waals surface area contributed by atoms with Crippen molar-refractivity contribution in [3.05, 3.63) is 22.2 Å². The summed E-state index contributed by atoms with van der Waals surface area (Å²) in [4.78, 5) is 4.96. The molecule has 4 nitrogen and oxygen atoms in total. The van der Waals surface area contributed by atoms with Crippen LogP contribution in [0, 0.1) is 0 Å². The predicted octanol–water partition coefficient (Wildman–Crippen LogP) is 3.82. The van der Waals surface area contributed by atoms with Gasteiger partial charge in [-0.05, 0) is 64.9 Å². The molecule has 1 heterocycles. The van der Waals surface area contributed by atoms with Crippen LogP contribution in [0.5, 0.6) is 11.5 Å². The van der Waals surface area contributed by atoms with E-state index in [1.165, 1.54) is 31.7 Å². The molecule has 0 bridgehead atoms. The molecule has 0 atom stereocenters. The third-order valence-corrected chi connectivity index (χ3v) is 5.03. The second-order valence-electron chi connectivity index (χ2n) is 6.74. The van der Waals surface area contributed by atoms with Gasteiger partial charge in [0.1, 0.15) is 0 Å². The van der Waals surface area contributed by atoms with Gasteiger partial charge in [0.05, 0.1) is 12.7 Å². The number of nitrogens with zero attached hydrogens (tertiary/aromatic N) is 2. The first-order valence-electron chi connectivity index (χ1n) is 9.02. The lowest BCUT2D eigenvalue weighted by molar-refractivity contribution is 0.153. The topological polar surface area (TPSA) is 24.9 Å². The summed E-state index contributed by atoms with van der Waals surface area (Å²) in [5.74, 6) is 1.67. The summed E-state index contributed by atoms with van der Waals surface area (Å²) >= 11 is 3.70. The number of piperazine rings is 1. The highest BCUT2D eigenvalue weighted by Crippen LogP contribution is 2.35. The number of hydrogen-bond donors (Lipinski definition) is 0. The van der Waals surface area contributed by atoms with Gasteiger partial charge in [-0.15, -0.1) is 0 Å². The molecule has 0 spiro atoms. The monoisotopic (exact) mass is 398 g/mol. The molecule has 1 aromatic carbocycles. The fraction of sp³-hybridized carbons (Fsp3) is 0.684. The van der Waals surface area contributed by atoms with E-state index in [9.17, 15) is 0 Å². The van der Waals surface area contributed by atoms with Crippen LogP contribution >= 0.6 is 15.9 Å². The molecule has 2 rings (SSSR count). The highest BCUT2D eigenvalue weighted by Gasteiger charge is 2.15. The number of aryl methyl sites for hydroxylation is 1. The van der Waals surface area contributed by atoms with E-state index in [4.69, 9.17) is 9.47 Å². The van der Waals surface area contributed by atoms with E-state index in [-0.39, 0.29) is 6.10 Å². The van der Waals surface area contributed by atoms with Gasteiger partial charge in [0.25, 0.3) is 0 Å². The van der Waals surface area contributed by atoms with Gasteiger partial charge in [0.2, 0.25) is 0 Å². The lowest BCUT2D eigenvalue weighted by atomic mass is 10.1. The molecule has 1 aromatic rings. The van der Waals surface area contributed by atoms with Crippen LogP contribution in [-0.4, -0.2) is 62.3 Å². The quantitative estimate of drug-likeness (QED) is 0.664. The van der Waals surface area contributed by atoms with Crippen molar-refractivity contribution in [3.63, 3.8) is 0 Å². The molecule has 0 saturated carbocycles. The fourth-order valence-electron chi connectivity index (χ4n) is 2.95. The van der Waals surface area contributed by atoms with Crippen molar-refractivity contribution in [2.45, 2.75) is 39.7 Å². The van der Waals surface area contributed by atoms with Crippen LogP contribution in [0.1, 0.15) is 32.8 Å². The van der Waals surface area contributed by atoms with E-state index in [0.717, 1.165) is 35.4 Å². The molecule has 0 N–H and O–H groups in total. The van der Waals surface area contributed by atoms with Crippen molar-refractivity contribution in [2.75, 3.05) is 46.4 Å². The maximum Gasteiger partial charge on any atom is 0.162 e. The van der Waals surface area contributed by atoms with Crippen LogP contribution in [0.2, 0.25) is 0 Å². The van der Waals surface area contributed by atoms with E-state index >= 15 is 0 Å². The smallest absolute Gasteiger partial charge is 0.162 e. The number of ether oxygens (including phenoxy) is 2. The van der Waals surface area contributed by atoms with Gasteiger partial charge >= 0.3 is 0 Å². The largest absolute Gasteiger partial charge is 0.490 e. The summed E-state index contributed by atoms with van der Waals surface area (Å²) in [5.41, 5.74) is 1.30. The summed E-state index contributed by atoms with van der Waals surface area (Å²) in [7, 11) is 2.20. The minimum atomic E-state index is 0.138. The summed E-state index contributed by atoms with van der Waals surface area (Å²) in [6, 6.07) is 4.19. The Morgan fingerprint density at radius 1 is 1.12 bits per heavy atom. The molecule has 0 radical (unpaired) electrons. The Kier molecular flexibility index (Phi) is 7.85. The molecule has 1 saturated heterocycles. The standard InChI is InChI=1S/C19H31BrN2O2/c1-5-23-18-13-16(17(20)14-19(18)24-15(2)3)7-6-8-22-11-9-21(4)10-12-22/h13-15H,5-12H2,1-4H3. The van der Waals surface area contributed by atoms with E-state index in [0.29, 0.717) is 6.61 Å². The molecule has 136 valence electrons. The second-order valence-corrected chi connectivity index (χ2v) is 7.59. The molecule has 0 unspecified atom stereocenters. The first-order chi connectivity index (χ1) is 11.5. The molecule has 0 amide bonds. The number of benzene rings is 1. The fourth-order valence-corrected chi connectivity index (χ4v) is 3.47. The van der Waals surface area contributed by atoms with E-state index in [1.807, 2.05) is 20.8 Å². The zero-order chi connectivity index (χ0) is 17.5.